The molecule has 0 aliphatic carbocycles. The van der Waals surface area contributed by atoms with Gasteiger partial charge in [-0.1, -0.05) is 13.8 Å². The molecule has 5 heteroatoms. The van der Waals surface area contributed by atoms with Gasteiger partial charge in [-0.2, -0.15) is 4.98 Å². The van der Waals surface area contributed by atoms with Crippen LogP contribution in [-0.4, -0.2) is 15.0 Å². The van der Waals surface area contributed by atoms with Crippen molar-refractivity contribution in [1.82, 2.24) is 15.0 Å². The smallest absolute Gasteiger partial charge is 0.252 e. The van der Waals surface area contributed by atoms with E-state index in [1.807, 2.05) is 0 Å². The number of nitrogen functional groups attached to an aromatic ring is 1. The quantitative estimate of drug-likeness (QED) is 0.778. The average Bonchev–Trinajstić information content (AvgIpc) is 2.47. The standard InChI is InChI=1S/C9H12N4O/c1-5(2)3-6-13-7-8(10)11-4-12-9(7)14-6/h4-5H,3H2,1-2H3,(H2,10,11,12). The van der Waals surface area contributed by atoms with E-state index in [-0.39, 0.29) is 0 Å². The molecule has 0 atom stereocenters. The summed E-state index contributed by atoms with van der Waals surface area (Å²) in [4.78, 5) is 12.0. The van der Waals surface area contributed by atoms with Gasteiger partial charge in [0.25, 0.3) is 5.71 Å². The van der Waals surface area contributed by atoms with E-state index in [2.05, 4.69) is 28.8 Å². The molecule has 2 heterocycles. The Morgan fingerprint density at radius 3 is 2.86 bits per heavy atom. The van der Waals surface area contributed by atoms with Crippen molar-refractivity contribution < 1.29 is 4.42 Å². The highest BCUT2D eigenvalue weighted by atomic mass is 16.4. The zero-order valence-electron chi connectivity index (χ0n) is 8.19. The molecule has 0 saturated heterocycles. The molecule has 0 unspecified atom stereocenters. The van der Waals surface area contributed by atoms with E-state index >= 15 is 0 Å². The van der Waals surface area contributed by atoms with Gasteiger partial charge in [0, 0.05) is 6.42 Å². The first-order valence-electron chi connectivity index (χ1n) is 4.52. The highest BCUT2D eigenvalue weighted by Crippen LogP contribution is 2.18. The Morgan fingerprint density at radius 1 is 1.43 bits per heavy atom. The van der Waals surface area contributed by atoms with Crippen LogP contribution < -0.4 is 5.73 Å². The number of hydrogen-bond acceptors (Lipinski definition) is 5. The average molecular weight is 192 g/mol. The van der Waals surface area contributed by atoms with Gasteiger partial charge in [-0.05, 0) is 5.92 Å². The lowest BCUT2D eigenvalue weighted by atomic mass is 10.1. The lowest BCUT2D eigenvalue weighted by molar-refractivity contribution is 0.477. The first-order valence-corrected chi connectivity index (χ1v) is 4.52. The summed E-state index contributed by atoms with van der Waals surface area (Å²) in [7, 11) is 0. The number of hydrogen-bond donors (Lipinski definition) is 1. The summed E-state index contributed by atoms with van der Waals surface area (Å²) in [5.41, 5.74) is 6.65. The van der Waals surface area contributed by atoms with E-state index in [0.29, 0.717) is 28.9 Å². The molecule has 2 N–H and O–H groups in total. The van der Waals surface area contributed by atoms with Crippen molar-refractivity contribution in [1.29, 1.82) is 0 Å². The molecule has 2 rings (SSSR count). The fourth-order valence-corrected chi connectivity index (χ4v) is 1.25. The van der Waals surface area contributed by atoms with E-state index in [0.717, 1.165) is 6.42 Å². The molecule has 2 aromatic heterocycles. The molecular weight excluding hydrogens is 180 g/mol. The number of oxazole rings is 1. The maximum atomic E-state index is 5.63. The van der Waals surface area contributed by atoms with Crippen molar-refractivity contribution in [3.63, 3.8) is 0 Å². The van der Waals surface area contributed by atoms with Crippen molar-refractivity contribution in [2.24, 2.45) is 5.92 Å². The maximum Gasteiger partial charge on any atom is 0.252 e. The molecule has 5 nitrogen and oxygen atoms in total. The highest BCUT2D eigenvalue weighted by molar-refractivity contribution is 5.79. The third kappa shape index (κ3) is 1.53. The third-order valence-corrected chi connectivity index (χ3v) is 1.85. The van der Waals surface area contributed by atoms with Gasteiger partial charge in [0.15, 0.2) is 17.2 Å². The summed E-state index contributed by atoms with van der Waals surface area (Å²) < 4.78 is 5.42. The number of nitrogens with two attached hydrogens (primary N) is 1. The van der Waals surface area contributed by atoms with Crippen molar-refractivity contribution in [2.45, 2.75) is 20.3 Å². The molecule has 0 radical (unpaired) electrons. The Labute approximate surface area is 81.4 Å². The minimum Gasteiger partial charge on any atom is -0.422 e. The van der Waals surface area contributed by atoms with Gasteiger partial charge >= 0.3 is 0 Å². The van der Waals surface area contributed by atoms with Crippen LogP contribution in [0, 0.1) is 5.92 Å². The largest absolute Gasteiger partial charge is 0.422 e. The molecule has 74 valence electrons. The molecule has 0 spiro atoms. The van der Waals surface area contributed by atoms with Crippen LogP contribution in [0.25, 0.3) is 11.2 Å². The molecular formula is C9H12N4O. The summed E-state index contributed by atoms with van der Waals surface area (Å²) in [6.07, 6.45) is 2.16. The number of anilines is 1. The van der Waals surface area contributed by atoms with Gasteiger partial charge in [-0.25, -0.2) is 9.97 Å². The van der Waals surface area contributed by atoms with E-state index < -0.39 is 0 Å². The Kier molecular flexibility index (Phi) is 2.07. The van der Waals surface area contributed by atoms with Crippen LogP contribution in [-0.2, 0) is 6.42 Å². The predicted molar refractivity (Wildman–Crippen MR) is 52.6 cm³/mol. The Morgan fingerprint density at radius 2 is 2.21 bits per heavy atom. The molecule has 14 heavy (non-hydrogen) atoms. The lowest BCUT2D eigenvalue weighted by Crippen LogP contribution is -1.94. The van der Waals surface area contributed by atoms with Gasteiger partial charge in [0.1, 0.15) is 6.33 Å². The third-order valence-electron chi connectivity index (χ3n) is 1.85. The fraction of sp³-hybridized carbons (Fsp3) is 0.444. The van der Waals surface area contributed by atoms with Crippen molar-refractivity contribution >= 4 is 17.0 Å². The lowest BCUT2D eigenvalue weighted by Gasteiger charge is -1.96. The van der Waals surface area contributed by atoms with Crippen molar-refractivity contribution in [3.05, 3.63) is 12.2 Å². The van der Waals surface area contributed by atoms with Crippen LogP contribution in [0.5, 0.6) is 0 Å². The number of rotatable bonds is 2. The molecule has 0 bridgehead atoms. The van der Waals surface area contributed by atoms with Crippen LogP contribution >= 0.6 is 0 Å². The Balaban J connectivity index is 2.46. The van der Waals surface area contributed by atoms with E-state index in [9.17, 15) is 0 Å². The molecule has 0 aromatic carbocycles. The second kappa shape index (κ2) is 3.25. The summed E-state index contributed by atoms with van der Waals surface area (Å²) in [6.45, 7) is 4.20. The van der Waals surface area contributed by atoms with Crippen LogP contribution in [0.2, 0.25) is 0 Å². The van der Waals surface area contributed by atoms with Crippen molar-refractivity contribution in [2.75, 3.05) is 5.73 Å². The van der Waals surface area contributed by atoms with Crippen LogP contribution in [0.1, 0.15) is 19.7 Å². The fourth-order valence-electron chi connectivity index (χ4n) is 1.25. The second-order valence-corrected chi connectivity index (χ2v) is 3.62. The number of nitrogens with zero attached hydrogens (tertiary/aromatic N) is 3. The molecule has 0 aliphatic heterocycles. The minimum atomic E-state index is 0.369. The van der Waals surface area contributed by atoms with E-state index in [1.54, 1.807) is 0 Å². The van der Waals surface area contributed by atoms with Gasteiger partial charge in [-0.3, -0.25) is 0 Å². The monoisotopic (exact) mass is 192 g/mol. The van der Waals surface area contributed by atoms with Crippen molar-refractivity contribution in [3.8, 4) is 0 Å². The first-order chi connectivity index (χ1) is 6.66. The summed E-state index contributed by atoms with van der Waals surface area (Å²) in [5.74, 6) is 1.54. The Bertz CT molecular complexity index is 449. The van der Waals surface area contributed by atoms with E-state index in [1.165, 1.54) is 6.33 Å². The molecule has 0 saturated carbocycles. The number of aromatic nitrogens is 3. The zero-order valence-corrected chi connectivity index (χ0v) is 8.19. The van der Waals surface area contributed by atoms with Crippen LogP contribution in [0.3, 0.4) is 0 Å². The summed E-state index contributed by atoms with van der Waals surface area (Å²) in [5, 5.41) is 0. The second-order valence-electron chi connectivity index (χ2n) is 3.62. The summed E-state index contributed by atoms with van der Waals surface area (Å²) >= 11 is 0. The molecule has 0 aliphatic rings. The normalized spacial score (nSPS) is 11.4. The van der Waals surface area contributed by atoms with Gasteiger partial charge in [0.2, 0.25) is 0 Å². The van der Waals surface area contributed by atoms with E-state index in [4.69, 9.17) is 10.2 Å². The highest BCUT2D eigenvalue weighted by Gasteiger charge is 2.10. The Hall–Kier alpha value is -1.65. The molecule has 0 amide bonds. The topological polar surface area (TPSA) is 77.8 Å². The molecule has 2 aromatic rings. The van der Waals surface area contributed by atoms with Crippen LogP contribution in [0.4, 0.5) is 5.82 Å². The maximum absolute atomic E-state index is 5.63. The number of fused-ring (bicyclic) bond motifs is 1. The van der Waals surface area contributed by atoms with Gasteiger partial charge in [-0.15, -0.1) is 0 Å². The van der Waals surface area contributed by atoms with Gasteiger partial charge < -0.3 is 10.2 Å². The SMILES string of the molecule is CC(C)Cc1nc2c(N)ncnc2o1. The van der Waals surface area contributed by atoms with Crippen LogP contribution in [0.15, 0.2) is 10.7 Å². The zero-order chi connectivity index (χ0) is 10.1. The van der Waals surface area contributed by atoms with Gasteiger partial charge in [0.05, 0.1) is 0 Å². The predicted octanol–water partition coefficient (Wildman–Crippen LogP) is 1.40. The summed E-state index contributed by atoms with van der Waals surface area (Å²) in [6, 6.07) is 0. The minimum absolute atomic E-state index is 0.369. The first kappa shape index (κ1) is 8.93. The molecule has 0 fully saturated rings.